The van der Waals surface area contributed by atoms with Crippen molar-refractivity contribution < 1.29 is 5.11 Å². The third-order valence-electron chi connectivity index (χ3n) is 3.53. The third kappa shape index (κ3) is 4.39. The fraction of sp³-hybridized carbons (Fsp3) is 0.600. The van der Waals surface area contributed by atoms with Crippen molar-refractivity contribution in [2.75, 3.05) is 6.54 Å². The predicted octanol–water partition coefficient (Wildman–Crippen LogP) is 3.73. The number of hydrogen-bond donors (Lipinski definition) is 2. The van der Waals surface area contributed by atoms with Gasteiger partial charge in [0.1, 0.15) is 5.75 Å². The van der Waals surface area contributed by atoms with Crippen molar-refractivity contribution in [3.8, 4) is 5.75 Å². The number of hydrogen-bond acceptors (Lipinski definition) is 2. The monoisotopic (exact) mass is 235 g/mol. The molecule has 0 amide bonds. The number of aromatic hydroxyl groups is 1. The largest absolute Gasteiger partial charge is 0.508 e. The van der Waals surface area contributed by atoms with Crippen molar-refractivity contribution in [3.05, 3.63) is 29.8 Å². The fourth-order valence-electron chi connectivity index (χ4n) is 1.77. The number of phenolic OH excluding ortho intramolecular Hbond substituents is 1. The van der Waals surface area contributed by atoms with Crippen LogP contribution < -0.4 is 5.32 Å². The molecule has 2 unspecified atom stereocenters. The summed E-state index contributed by atoms with van der Waals surface area (Å²) in [6.45, 7) is 10.0. The van der Waals surface area contributed by atoms with Crippen molar-refractivity contribution in [3.63, 3.8) is 0 Å². The predicted molar refractivity (Wildman–Crippen MR) is 73.1 cm³/mol. The van der Waals surface area contributed by atoms with Gasteiger partial charge >= 0.3 is 0 Å². The highest BCUT2D eigenvalue weighted by Gasteiger charge is 2.12. The van der Waals surface area contributed by atoms with Crippen LogP contribution in [0.3, 0.4) is 0 Å². The zero-order valence-electron chi connectivity index (χ0n) is 11.4. The van der Waals surface area contributed by atoms with Gasteiger partial charge in [0.25, 0.3) is 0 Å². The summed E-state index contributed by atoms with van der Waals surface area (Å²) >= 11 is 0. The molecule has 0 saturated heterocycles. The lowest BCUT2D eigenvalue weighted by atomic mass is 9.97. The highest BCUT2D eigenvalue weighted by Crippen LogP contribution is 2.20. The Morgan fingerprint density at radius 2 is 1.71 bits per heavy atom. The molecule has 2 heteroatoms. The van der Waals surface area contributed by atoms with E-state index in [-0.39, 0.29) is 0 Å². The summed E-state index contributed by atoms with van der Waals surface area (Å²) < 4.78 is 0. The summed E-state index contributed by atoms with van der Waals surface area (Å²) in [5.41, 5.74) is 1.25. The van der Waals surface area contributed by atoms with E-state index in [1.807, 2.05) is 12.1 Å². The van der Waals surface area contributed by atoms with E-state index in [4.69, 9.17) is 0 Å². The Morgan fingerprint density at radius 1 is 1.12 bits per heavy atom. The number of nitrogens with one attached hydrogen (secondary N) is 1. The molecule has 0 spiro atoms. The van der Waals surface area contributed by atoms with E-state index in [1.165, 1.54) is 5.56 Å². The van der Waals surface area contributed by atoms with Gasteiger partial charge in [-0.3, -0.25) is 0 Å². The number of phenols is 1. The van der Waals surface area contributed by atoms with Gasteiger partial charge in [-0.2, -0.15) is 0 Å². The molecule has 0 heterocycles. The summed E-state index contributed by atoms with van der Waals surface area (Å²) in [4.78, 5) is 0. The average molecular weight is 235 g/mol. The first-order valence-electron chi connectivity index (χ1n) is 6.56. The van der Waals surface area contributed by atoms with Crippen LogP contribution in [0.1, 0.15) is 45.7 Å². The molecule has 2 N–H and O–H groups in total. The summed E-state index contributed by atoms with van der Waals surface area (Å²) in [6, 6.07) is 7.89. The maximum atomic E-state index is 9.28. The van der Waals surface area contributed by atoms with Crippen molar-refractivity contribution in [1.82, 2.24) is 5.32 Å². The van der Waals surface area contributed by atoms with Crippen LogP contribution in [0.15, 0.2) is 24.3 Å². The second-order valence-electron chi connectivity index (χ2n) is 5.18. The Labute approximate surface area is 105 Å². The van der Waals surface area contributed by atoms with Crippen LogP contribution >= 0.6 is 0 Å². The highest BCUT2D eigenvalue weighted by molar-refractivity contribution is 5.27. The maximum absolute atomic E-state index is 9.28. The van der Waals surface area contributed by atoms with Gasteiger partial charge in [0.05, 0.1) is 0 Å². The molecule has 0 aliphatic rings. The molecule has 0 saturated carbocycles. The Balaban J connectivity index is 2.57. The zero-order valence-corrected chi connectivity index (χ0v) is 11.4. The number of benzene rings is 1. The highest BCUT2D eigenvalue weighted by atomic mass is 16.3. The molecule has 1 aromatic rings. The molecule has 0 fully saturated rings. The molecule has 0 bridgehead atoms. The average Bonchev–Trinajstić information content (AvgIpc) is 2.31. The van der Waals surface area contributed by atoms with Gasteiger partial charge in [0.15, 0.2) is 0 Å². The van der Waals surface area contributed by atoms with Gasteiger partial charge in [-0.25, -0.2) is 0 Å². The third-order valence-corrected chi connectivity index (χ3v) is 3.53. The lowest BCUT2D eigenvalue weighted by Gasteiger charge is -2.22. The van der Waals surface area contributed by atoms with Crippen LogP contribution in [0.2, 0.25) is 0 Å². The van der Waals surface area contributed by atoms with E-state index in [9.17, 15) is 5.11 Å². The fourth-order valence-corrected chi connectivity index (χ4v) is 1.77. The minimum Gasteiger partial charge on any atom is -0.508 e. The smallest absolute Gasteiger partial charge is 0.115 e. The second kappa shape index (κ2) is 6.65. The molecule has 0 aliphatic heterocycles. The first-order chi connectivity index (χ1) is 8.04. The molecule has 0 aliphatic carbocycles. The van der Waals surface area contributed by atoms with Crippen molar-refractivity contribution in [2.24, 2.45) is 11.8 Å². The normalized spacial score (nSPS) is 14.9. The Kier molecular flexibility index (Phi) is 5.49. The molecule has 2 atom stereocenters. The molecule has 1 aromatic carbocycles. The molecule has 0 aromatic heterocycles. The van der Waals surface area contributed by atoms with Gasteiger partial charge in [-0.1, -0.05) is 39.8 Å². The Bertz CT molecular complexity index is 318. The molecule has 0 radical (unpaired) electrons. The molecule has 96 valence electrons. The maximum Gasteiger partial charge on any atom is 0.115 e. The lowest BCUT2D eigenvalue weighted by molar-refractivity contribution is 0.365. The van der Waals surface area contributed by atoms with E-state index in [0.717, 1.165) is 13.0 Å². The zero-order chi connectivity index (χ0) is 12.8. The lowest BCUT2D eigenvalue weighted by Crippen LogP contribution is -2.28. The van der Waals surface area contributed by atoms with Crippen LogP contribution in [-0.2, 0) is 0 Å². The topological polar surface area (TPSA) is 32.3 Å². The molecular formula is C15H25NO. The van der Waals surface area contributed by atoms with Crippen LogP contribution in [0.4, 0.5) is 0 Å². The van der Waals surface area contributed by atoms with E-state index in [1.54, 1.807) is 12.1 Å². The van der Waals surface area contributed by atoms with Gasteiger partial charge in [0, 0.05) is 6.04 Å². The Hall–Kier alpha value is -1.02. The first kappa shape index (κ1) is 14.0. The van der Waals surface area contributed by atoms with Gasteiger partial charge < -0.3 is 10.4 Å². The van der Waals surface area contributed by atoms with Gasteiger partial charge in [0.2, 0.25) is 0 Å². The standard InChI is InChI=1S/C15H25NO/c1-5-15(16-10-12(4)11(2)3)13-6-8-14(17)9-7-13/h6-9,11-12,15-17H,5,10H2,1-4H3. The van der Waals surface area contributed by atoms with Gasteiger partial charge in [-0.15, -0.1) is 0 Å². The van der Waals surface area contributed by atoms with Crippen molar-refractivity contribution in [1.29, 1.82) is 0 Å². The first-order valence-corrected chi connectivity index (χ1v) is 6.56. The molecule has 1 rings (SSSR count). The van der Waals surface area contributed by atoms with Crippen LogP contribution in [-0.4, -0.2) is 11.7 Å². The van der Waals surface area contributed by atoms with Crippen LogP contribution in [0.25, 0.3) is 0 Å². The summed E-state index contributed by atoms with van der Waals surface area (Å²) in [7, 11) is 0. The molecule has 2 nitrogen and oxygen atoms in total. The minimum absolute atomic E-state index is 0.333. The van der Waals surface area contributed by atoms with E-state index in [2.05, 4.69) is 33.0 Å². The van der Waals surface area contributed by atoms with E-state index < -0.39 is 0 Å². The second-order valence-corrected chi connectivity index (χ2v) is 5.18. The van der Waals surface area contributed by atoms with E-state index in [0.29, 0.717) is 23.6 Å². The summed E-state index contributed by atoms with van der Waals surface area (Å²) in [5, 5.41) is 12.9. The number of rotatable bonds is 6. The Morgan fingerprint density at radius 3 is 2.18 bits per heavy atom. The van der Waals surface area contributed by atoms with E-state index >= 15 is 0 Å². The SMILES string of the molecule is CCC(NCC(C)C(C)C)c1ccc(O)cc1. The summed E-state index contributed by atoms with van der Waals surface area (Å²) in [5.74, 6) is 1.72. The molecular weight excluding hydrogens is 210 g/mol. The minimum atomic E-state index is 0.333. The van der Waals surface area contributed by atoms with Crippen LogP contribution in [0, 0.1) is 11.8 Å². The van der Waals surface area contributed by atoms with Gasteiger partial charge in [-0.05, 0) is 42.5 Å². The van der Waals surface area contributed by atoms with Crippen LogP contribution in [0.5, 0.6) is 5.75 Å². The van der Waals surface area contributed by atoms with Crippen molar-refractivity contribution >= 4 is 0 Å². The summed E-state index contributed by atoms with van der Waals surface area (Å²) in [6.07, 6.45) is 1.07. The molecule has 17 heavy (non-hydrogen) atoms. The van der Waals surface area contributed by atoms with Crippen molar-refractivity contribution in [2.45, 2.75) is 40.2 Å². The quantitative estimate of drug-likeness (QED) is 0.787.